The number of rotatable bonds is 6. The summed E-state index contributed by atoms with van der Waals surface area (Å²) in [5.74, 6) is 0.613. The molecule has 1 aromatic carbocycles. The van der Waals surface area contributed by atoms with Crippen molar-refractivity contribution in [1.82, 2.24) is 5.32 Å². The summed E-state index contributed by atoms with van der Waals surface area (Å²) in [6.45, 7) is 6.37. The lowest BCUT2D eigenvalue weighted by molar-refractivity contribution is 0.0954. The summed E-state index contributed by atoms with van der Waals surface area (Å²) in [5, 5.41) is 4.50. The number of hydrogen-bond acceptors (Lipinski definition) is 2. The predicted octanol–water partition coefficient (Wildman–Crippen LogP) is 3.68. The summed E-state index contributed by atoms with van der Waals surface area (Å²) in [7, 11) is 0. The minimum absolute atomic E-state index is 0.363. The van der Waals surface area contributed by atoms with Gasteiger partial charge in [-0.25, -0.2) is 0 Å². The van der Waals surface area contributed by atoms with E-state index in [0.29, 0.717) is 18.1 Å². The van der Waals surface area contributed by atoms with Crippen molar-refractivity contribution in [3.05, 3.63) is 34.9 Å². The van der Waals surface area contributed by atoms with Crippen molar-refractivity contribution in [2.75, 3.05) is 13.2 Å². The molecule has 0 bridgehead atoms. The molecule has 19 heavy (non-hydrogen) atoms. The zero-order chi connectivity index (χ0) is 13.7. The molecule has 2 nitrogen and oxygen atoms in total. The summed E-state index contributed by atoms with van der Waals surface area (Å²) < 4.78 is 5.72. The zero-order valence-corrected chi connectivity index (χ0v) is 12.6. The lowest BCUT2D eigenvalue weighted by Gasteiger charge is -2.27. The van der Waals surface area contributed by atoms with E-state index in [1.807, 2.05) is 12.1 Å². The van der Waals surface area contributed by atoms with Crippen LogP contribution in [0.25, 0.3) is 0 Å². The van der Waals surface area contributed by atoms with E-state index in [0.717, 1.165) is 31.0 Å². The zero-order valence-electron chi connectivity index (χ0n) is 11.9. The van der Waals surface area contributed by atoms with Gasteiger partial charge in [-0.3, -0.25) is 0 Å². The smallest absolute Gasteiger partial charge is 0.0590 e. The molecule has 1 heterocycles. The van der Waals surface area contributed by atoms with Crippen molar-refractivity contribution >= 4 is 11.6 Å². The molecular formula is C16H24ClNO. The van der Waals surface area contributed by atoms with Gasteiger partial charge >= 0.3 is 0 Å². The highest BCUT2D eigenvalue weighted by molar-refractivity contribution is 6.30. The van der Waals surface area contributed by atoms with Crippen LogP contribution in [0, 0.1) is 5.92 Å². The van der Waals surface area contributed by atoms with Gasteiger partial charge in [0.15, 0.2) is 0 Å². The van der Waals surface area contributed by atoms with Crippen molar-refractivity contribution in [1.29, 1.82) is 0 Å². The van der Waals surface area contributed by atoms with Gasteiger partial charge in [-0.05, 0) is 50.4 Å². The molecule has 0 saturated carbocycles. The van der Waals surface area contributed by atoms with E-state index in [9.17, 15) is 0 Å². The third-order valence-corrected chi connectivity index (χ3v) is 4.23. The minimum atomic E-state index is 0.363. The molecule has 1 N–H and O–H groups in total. The minimum Gasteiger partial charge on any atom is -0.378 e. The maximum atomic E-state index is 5.95. The highest BCUT2D eigenvalue weighted by Crippen LogP contribution is 2.26. The van der Waals surface area contributed by atoms with Gasteiger partial charge in [-0.2, -0.15) is 0 Å². The third-order valence-electron chi connectivity index (χ3n) is 3.98. The summed E-state index contributed by atoms with van der Waals surface area (Å²) in [5.41, 5.74) is 1.34. The molecule has 0 radical (unpaired) electrons. The Kier molecular flexibility index (Phi) is 5.68. The Morgan fingerprint density at radius 3 is 2.68 bits per heavy atom. The van der Waals surface area contributed by atoms with Gasteiger partial charge in [0.1, 0.15) is 0 Å². The van der Waals surface area contributed by atoms with Crippen LogP contribution >= 0.6 is 11.6 Å². The first-order chi connectivity index (χ1) is 9.20. The van der Waals surface area contributed by atoms with E-state index in [1.165, 1.54) is 12.0 Å². The molecule has 1 aliphatic heterocycles. The van der Waals surface area contributed by atoms with E-state index in [2.05, 4.69) is 31.3 Å². The first kappa shape index (κ1) is 14.8. The van der Waals surface area contributed by atoms with Gasteiger partial charge in [-0.1, -0.05) is 30.7 Å². The fourth-order valence-electron chi connectivity index (χ4n) is 2.86. The normalized spacial score (nSPS) is 24.6. The lowest BCUT2D eigenvalue weighted by Crippen LogP contribution is -2.41. The summed E-state index contributed by atoms with van der Waals surface area (Å²) in [6.07, 6.45) is 3.74. The average molecular weight is 282 g/mol. The highest BCUT2D eigenvalue weighted by atomic mass is 35.5. The molecule has 1 saturated heterocycles. The predicted molar refractivity (Wildman–Crippen MR) is 80.8 cm³/mol. The van der Waals surface area contributed by atoms with E-state index < -0.39 is 0 Å². The number of benzene rings is 1. The summed E-state index contributed by atoms with van der Waals surface area (Å²) in [4.78, 5) is 0. The number of ether oxygens (including phenoxy) is 1. The van der Waals surface area contributed by atoms with Crippen molar-refractivity contribution in [3.63, 3.8) is 0 Å². The van der Waals surface area contributed by atoms with Crippen LogP contribution in [0.15, 0.2) is 24.3 Å². The Labute approximate surface area is 121 Å². The highest BCUT2D eigenvalue weighted by Gasteiger charge is 2.31. The molecule has 1 aromatic rings. The van der Waals surface area contributed by atoms with Crippen molar-refractivity contribution < 1.29 is 4.74 Å². The second-order valence-corrected chi connectivity index (χ2v) is 5.86. The van der Waals surface area contributed by atoms with Gasteiger partial charge in [0.05, 0.1) is 6.10 Å². The molecule has 0 aliphatic carbocycles. The molecule has 0 amide bonds. The number of halogens is 1. The van der Waals surface area contributed by atoms with Crippen molar-refractivity contribution in [2.45, 2.75) is 45.3 Å². The molecule has 1 fully saturated rings. The molecule has 2 rings (SSSR count). The second-order valence-electron chi connectivity index (χ2n) is 5.42. The van der Waals surface area contributed by atoms with Gasteiger partial charge in [0.2, 0.25) is 0 Å². The molecule has 0 aromatic heterocycles. The lowest BCUT2D eigenvalue weighted by atomic mass is 9.89. The second kappa shape index (κ2) is 7.28. The maximum absolute atomic E-state index is 5.95. The Hall–Kier alpha value is -0.570. The molecule has 3 unspecified atom stereocenters. The van der Waals surface area contributed by atoms with Crippen LogP contribution in [0.2, 0.25) is 5.02 Å². The van der Waals surface area contributed by atoms with Crippen LogP contribution in [0.4, 0.5) is 0 Å². The summed E-state index contributed by atoms with van der Waals surface area (Å²) >= 11 is 5.95. The van der Waals surface area contributed by atoms with Crippen molar-refractivity contribution in [2.24, 2.45) is 5.92 Å². The molecule has 3 atom stereocenters. The average Bonchev–Trinajstić information content (AvgIpc) is 2.83. The van der Waals surface area contributed by atoms with E-state index >= 15 is 0 Å². The number of nitrogens with one attached hydrogen (secondary N) is 1. The first-order valence-corrected chi connectivity index (χ1v) is 7.68. The molecule has 0 spiro atoms. The molecular weight excluding hydrogens is 258 g/mol. The Balaban J connectivity index is 2.02. The Morgan fingerprint density at radius 1 is 1.37 bits per heavy atom. The van der Waals surface area contributed by atoms with Gasteiger partial charge < -0.3 is 10.1 Å². The SMILES string of the molecule is CCCNC(Cc1ccc(Cl)cc1)C1CCOC1C. The fraction of sp³-hybridized carbons (Fsp3) is 0.625. The van der Waals surface area contributed by atoms with E-state index in [1.54, 1.807) is 0 Å². The van der Waals surface area contributed by atoms with E-state index in [-0.39, 0.29) is 0 Å². The quantitative estimate of drug-likeness (QED) is 0.859. The standard InChI is InChI=1S/C16H24ClNO/c1-3-9-18-16(15-8-10-19-12(15)2)11-13-4-6-14(17)7-5-13/h4-7,12,15-16,18H,3,8-11H2,1-2H3. The van der Waals surface area contributed by atoms with Crippen LogP contribution in [-0.2, 0) is 11.2 Å². The first-order valence-electron chi connectivity index (χ1n) is 7.30. The molecule has 1 aliphatic rings. The van der Waals surface area contributed by atoms with Gasteiger partial charge in [0, 0.05) is 23.6 Å². The molecule has 3 heteroatoms. The largest absolute Gasteiger partial charge is 0.378 e. The third kappa shape index (κ3) is 4.20. The van der Waals surface area contributed by atoms with E-state index in [4.69, 9.17) is 16.3 Å². The summed E-state index contributed by atoms with van der Waals surface area (Å²) in [6, 6.07) is 8.70. The Morgan fingerprint density at radius 2 is 2.11 bits per heavy atom. The van der Waals surface area contributed by atoms with Gasteiger partial charge in [-0.15, -0.1) is 0 Å². The van der Waals surface area contributed by atoms with Crippen molar-refractivity contribution in [3.8, 4) is 0 Å². The van der Waals surface area contributed by atoms with Crippen LogP contribution < -0.4 is 5.32 Å². The topological polar surface area (TPSA) is 21.3 Å². The Bertz CT molecular complexity index is 379. The fourth-order valence-corrected chi connectivity index (χ4v) is 2.98. The van der Waals surface area contributed by atoms with Gasteiger partial charge in [0.25, 0.3) is 0 Å². The van der Waals surface area contributed by atoms with Crippen LogP contribution in [0.3, 0.4) is 0 Å². The molecule has 106 valence electrons. The van der Waals surface area contributed by atoms with Crippen LogP contribution in [-0.4, -0.2) is 25.3 Å². The van der Waals surface area contributed by atoms with Crippen LogP contribution in [0.5, 0.6) is 0 Å². The van der Waals surface area contributed by atoms with Crippen LogP contribution in [0.1, 0.15) is 32.3 Å². The number of hydrogen-bond donors (Lipinski definition) is 1. The monoisotopic (exact) mass is 281 g/mol. The maximum Gasteiger partial charge on any atom is 0.0590 e.